The van der Waals surface area contributed by atoms with Gasteiger partial charge in [-0.05, 0) is 25.5 Å². The second-order valence-corrected chi connectivity index (χ2v) is 5.33. The average molecular weight is 282 g/mol. The molecule has 0 aliphatic carbocycles. The minimum Gasteiger partial charge on any atom is -0.493 e. The van der Waals surface area contributed by atoms with Gasteiger partial charge in [-0.3, -0.25) is 0 Å². The van der Waals surface area contributed by atoms with Crippen LogP contribution < -0.4 is 4.74 Å². The Kier molecular flexibility index (Phi) is 8.28. The highest BCUT2D eigenvalue weighted by molar-refractivity contribution is 5.35. The predicted molar refractivity (Wildman–Crippen MR) is 80.5 cm³/mol. The summed E-state index contributed by atoms with van der Waals surface area (Å²) in [6.45, 7) is 4.46. The first-order valence-corrected chi connectivity index (χ1v) is 7.75. The van der Waals surface area contributed by atoms with Crippen LogP contribution in [0.4, 0.5) is 4.39 Å². The van der Waals surface area contributed by atoms with Crippen molar-refractivity contribution in [2.24, 2.45) is 0 Å². The van der Waals surface area contributed by atoms with Crippen molar-refractivity contribution in [3.8, 4) is 5.75 Å². The zero-order chi connectivity index (χ0) is 14.8. The smallest absolute Gasteiger partial charge is 0.127 e. The summed E-state index contributed by atoms with van der Waals surface area (Å²) >= 11 is 0. The molecule has 0 saturated carbocycles. The van der Waals surface area contributed by atoms with E-state index in [4.69, 9.17) is 4.74 Å². The molecule has 0 bridgehead atoms. The molecule has 1 aromatic rings. The van der Waals surface area contributed by atoms with Crippen LogP contribution in [-0.4, -0.2) is 11.7 Å². The molecule has 0 aromatic heterocycles. The third-order valence-electron chi connectivity index (χ3n) is 3.43. The van der Waals surface area contributed by atoms with Crippen molar-refractivity contribution < 1.29 is 14.2 Å². The summed E-state index contributed by atoms with van der Waals surface area (Å²) in [5.74, 6) is 0.134. The van der Waals surface area contributed by atoms with Crippen molar-refractivity contribution in [3.63, 3.8) is 0 Å². The SMILES string of the molecule is CCCCCCCCCOc1cc(F)ccc1[C@H](C)O. The molecule has 0 heterocycles. The maximum atomic E-state index is 13.2. The Hall–Kier alpha value is -1.09. The molecule has 3 heteroatoms. The van der Waals surface area contributed by atoms with Crippen LogP contribution in [0.3, 0.4) is 0 Å². The van der Waals surface area contributed by atoms with Gasteiger partial charge in [0.2, 0.25) is 0 Å². The highest BCUT2D eigenvalue weighted by atomic mass is 19.1. The van der Waals surface area contributed by atoms with E-state index in [0.717, 1.165) is 12.8 Å². The van der Waals surface area contributed by atoms with E-state index in [0.29, 0.717) is 17.9 Å². The minimum atomic E-state index is -0.639. The van der Waals surface area contributed by atoms with Crippen molar-refractivity contribution >= 4 is 0 Å². The van der Waals surface area contributed by atoms with E-state index in [-0.39, 0.29) is 5.82 Å². The number of hydrogen-bond acceptors (Lipinski definition) is 2. The highest BCUT2D eigenvalue weighted by Gasteiger charge is 2.10. The van der Waals surface area contributed by atoms with Gasteiger partial charge in [0.15, 0.2) is 0 Å². The van der Waals surface area contributed by atoms with Crippen LogP contribution in [-0.2, 0) is 0 Å². The number of hydrogen-bond donors (Lipinski definition) is 1. The molecular weight excluding hydrogens is 255 g/mol. The van der Waals surface area contributed by atoms with Crippen LogP contribution in [0.5, 0.6) is 5.75 Å². The number of halogens is 1. The van der Waals surface area contributed by atoms with Gasteiger partial charge in [0, 0.05) is 11.6 Å². The van der Waals surface area contributed by atoms with Crippen LogP contribution in [0.25, 0.3) is 0 Å². The summed E-state index contributed by atoms with van der Waals surface area (Å²) in [6.07, 6.45) is 7.89. The number of rotatable bonds is 10. The van der Waals surface area contributed by atoms with Crippen molar-refractivity contribution in [3.05, 3.63) is 29.6 Å². The van der Waals surface area contributed by atoms with Gasteiger partial charge in [-0.1, -0.05) is 45.4 Å². The molecule has 0 spiro atoms. The molecule has 0 amide bonds. The Bertz CT molecular complexity index is 377. The molecule has 1 atom stereocenters. The summed E-state index contributed by atoms with van der Waals surface area (Å²) in [7, 11) is 0. The van der Waals surface area contributed by atoms with Crippen molar-refractivity contribution in [2.45, 2.75) is 64.9 Å². The van der Waals surface area contributed by atoms with E-state index in [9.17, 15) is 9.50 Å². The van der Waals surface area contributed by atoms with E-state index < -0.39 is 6.10 Å². The van der Waals surface area contributed by atoms with E-state index in [2.05, 4.69) is 6.92 Å². The van der Waals surface area contributed by atoms with Gasteiger partial charge in [0.1, 0.15) is 11.6 Å². The first-order chi connectivity index (χ1) is 9.65. The summed E-state index contributed by atoms with van der Waals surface area (Å²) in [5.41, 5.74) is 0.648. The third-order valence-corrected chi connectivity index (χ3v) is 3.43. The Labute approximate surface area is 122 Å². The molecule has 2 nitrogen and oxygen atoms in total. The highest BCUT2D eigenvalue weighted by Crippen LogP contribution is 2.26. The quantitative estimate of drug-likeness (QED) is 0.611. The number of aliphatic hydroxyl groups excluding tert-OH is 1. The lowest BCUT2D eigenvalue weighted by Crippen LogP contribution is -2.03. The van der Waals surface area contributed by atoms with Crippen molar-refractivity contribution in [2.75, 3.05) is 6.61 Å². The second kappa shape index (κ2) is 9.76. The third kappa shape index (κ3) is 6.38. The van der Waals surface area contributed by atoms with Crippen LogP contribution in [0, 0.1) is 5.82 Å². The summed E-state index contributed by atoms with van der Waals surface area (Å²) in [6, 6.07) is 4.28. The lowest BCUT2D eigenvalue weighted by atomic mass is 10.1. The molecule has 114 valence electrons. The maximum Gasteiger partial charge on any atom is 0.127 e. The number of benzene rings is 1. The Morgan fingerprint density at radius 3 is 2.40 bits per heavy atom. The average Bonchev–Trinajstić information content (AvgIpc) is 2.41. The fourth-order valence-corrected chi connectivity index (χ4v) is 2.22. The van der Waals surface area contributed by atoms with E-state index in [1.54, 1.807) is 13.0 Å². The van der Waals surface area contributed by atoms with Gasteiger partial charge in [0.25, 0.3) is 0 Å². The molecule has 0 aliphatic heterocycles. The molecule has 0 fully saturated rings. The molecule has 1 aromatic carbocycles. The first kappa shape index (κ1) is 17.0. The van der Waals surface area contributed by atoms with Crippen LogP contribution in [0.15, 0.2) is 18.2 Å². The molecule has 0 saturated heterocycles. The predicted octanol–water partition coefficient (Wildman–Crippen LogP) is 5.01. The summed E-state index contributed by atoms with van der Waals surface area (Å²) in [5, 5.41) is 9.62. The molecular formula is C17H27FO2. The molecule has 0 aliphatic rings. The summed E-state index contributed by atoms with van der Waals surface area (Å²) < 4.78 is 18.8. The van der Waals surface area contributed by atoms with Gasteiger partial charge >= 0.3 is 0 Å². The van der Waals surface area contributed by atoms with Crippen molar-refractivity contribution in [1.82, 2.24) is 0 Å². The summed E-state index contributed by atoms with van der Waals surface area (Å²) in [4.78, 5) is 0. The van der Waals surface area contributed by atoms with Crippen LogP contribution in [0.2, 0.25) is 0 Å². The van der Waals surface area contributed by atoms with E-state index in [1.165, 1.54) is 44.2 Å². The zero-order valence-corrected chi connectivity index (χ0v) is 12.7. The Morgan fingerprint density at radius 1 is 1.10 bits per heavy atom. The lowest BCUT2D eigenvalue weighted by Gasteiger charge is -2.13. The molecule has 1 rings (SSSR count). The van der Waals surface area contributed by atoms with Gasteiger partial charge in [-0.15, -0.1) is 0 Å². The zero-order valence-electron chi connectivity index (χ0n) is 12.7. The normalized spacial score (nSPS) is 12.4. The van der Waals surface area contributed by atoms with Crippen LogP contribution in [0.1, 0.15) is 70.5 Å². The van der Waals surface area contributed by atoms with E-state index in [1.807, 2.05) is 0 Å². The number of ether oxygens (including phenoxy) is 1. The van der Waals surface area contributed by atoms with E-state index >= 15 is 0 Å². The fraction of sp³-hybridized carbons (Fsp3) is 0.647. The number of unbranched alkanes of at least 4 members (excludes halogenated alkanes) is 6. The number of aliphatic hydroxyl groups is 1. The largest absolute Gasteiger partial charge is 0.493 e. The molecule has 1 N–H and O–H groups in total. The monoisotopic (exact) mass is 282 g/mol. The Morgan fingerprint density at radius 2 is 1.75 bits per heavy atom. The van der Waals surface area contributed by atoms with Gasteiger partial charge in [0.05, 0.1) is 12.7 Å². The molecule has 0 radical (unpaired) electrons. The standard InChI is InChI=1S/C17H27FO2/c1-3-4-5-6-7-8-9-12-20-17-13-15(18)10-11-16(17)14(2)19/h10-11,13-14,19H,3-9,12H2,1-2H3/t14-/m0/s1. The lowest BCUT2D eigenvalue weighted by molar-refractivity contribution is 0.190. The van der Waals surface area contributed by atoms with Gasteiger partial charge in [-0.2, -0.15) is 0 Å². The topological polar surface area (TPSA) is 29.5 Å². The fourth-order valence-electron chi connectivity index (χ4n) is 2.22. The molecule has 0 unspecified atom stereocenters. The van der Waals surface area contributed by atoms with Crippen molar-refractivity contribution in [1.29, 1.82) is 0 Å². The Balaban J connectivity index is 2.26. The maximum absolute atomic E-state index is 13.2. The van der Waals surface area contributed by atoms with Gasteiger partial charge < -0.3 is 9.84 Å². The molecule has 20 heavy (non-hydrogen) atoms. The minimum absolute atomic E-state index is 0.330. The van der Waals surface area contributed by atoms with Gasteiger partial charge in [-0.25, -0.2) is 4.39 Å². The van der Waals surface area contributed by atoms with Crippen LogP contribution >= 0.6 is 0 Å². The second-order valence-electron chi connectivity index (χ2n) is 5.33. The first-order valence-electron chi connectivity index (χ1n) is 7.75.